The van der Waals surface area contributed by atoms with E-state index in [4.69, 9.17) is 4.74 Å². The second kappa shape index (κ2) is 9.18. The first-order valence-corrected chi connectivity index (χ1v) is 12.0. The van der Waals surface area contributed by atoms with Gasteiger partial charge in [0.15, 0.2) is 0 Å². The number of ether oxygens (including phenoxy) is 1. The lowest BCUT2D eigenvalue weighted by atomic mass is 9.61. The SMILES string of the molecule is CCCCC1CCC2CC(C3CCc4c(ccc(C(=O)OC)c4F)C3)CCC2C1. The van der Waals surface area contributed by atoms with Crippen LogP contribution in [0.3, 0.4) is 0 Å². The van der Waals surface area contributed by atoms with Gasteiger partial charge in [-0.15, -0.1) is 0 Å². The van der Waals surface area contributed by atoms with Crippen molar-refractivity contribution < 1.29 is 13.9 Å². The lowest BCUT2D eigenvalue weighted by Gasteiger charge is -2.45. The Bertz CT molecular complexity index is 728. The van der Waals surface area contributed by atoms with Gasteiger partial charge in [-0.05, 0) is 98.1 Å². The average Bonchev–Trinajstić information content (AvgIpc) is 2.76. The smallest absolute Gasteiger partial charge is 0.340 e. The van der Waals surface area contributed by atoms with Gasteiger partial charge >= 0.3 is 5.97 Å². The molecule has 5 unspecified atom stereocenters. The molecule has 0 aromatic heterocycles. The lowest BCUT2D eigenvalue weighted by molar-refractivity contribution is 0.0594. The summed E-state index contributed by atoms with van der Waals surface area (Å²) in [6.45, 7) is 2.31. The first-order valence-electron chi connectivity index (χ1n) is 12.0. The highest BCUT2D eigenvalue weighted by atomic mass is 19.1. The van der Waals surface area contributed by atoms with Crippen molar-refractivity contribution in [3.8, 4) is 0 Å². The highest BCUT2D eigenvalue weighted by Gasteiger charge is 2.38. The number of fused-ring (bicyclic) bond motifs is 2. The number of hydrogen-bond donors (Lipinski definition) is 0. The molecule has 0 bridgehead atoms. The molecule has 29 heavy (non-hydrogen) atoms. The maximum atomic E-state index is 14.8. The molecular formula is C26H37FO2. The summed E-state index contributed by atoms with van der Waals surface area (Å²) in [5.41, 5.74) is 1.97. The third kappa shape index (κ3) is 4.39. The van der Waals surface area contributed by atoms with E-state index in [0.29, 0.717) is 5.92 Å². The van der Waals surface area contributed by atoms with E-state index in [1.165, 1.54) is 64.9 Å². The summed E-state index contributed by atoms with van der Waals surface area (Å²) >= 11 is 0. The number of rotatable bonds is 5. The third-order valence-corrected chi connectivity index (χ3v) is 8.39. The van der Waals surface area contributed by atoms with E-state index < -0.39 is 5.97 Å². The van der Waals surface area contributed by atoms with Crippen LogP contribution in [0.1, 0.15) is 92.6 Å². The fraction of sp³-hybridized carbons (Fsp3) is 0.731. The highest BCUT2D eigenvalue weighted by molar-refractivity contribution is 5.90. The molecule has 0 amide bonds. The summed E-state index contributed by atoms with van der Waals surface area (Å²) in [6.07, 6.45) is 15.5. The quantitative estimate of drug-likeness (QED) is 0.512. The summed E-state index contributed by atoms with van der Waals surface area (Å²) in [5, 5.41) is 0. The van der Waals surface area contributed by atoms with Crippen LogP contribution in [0.25, 0.3) is 0 Å². The molecule has 0 heterocycles. The van der Waals surface area contributed by atoms with Gasteiger partial charge in [0.05, 0.1) is 12.7 Å². The van der Waals surface area contributed by atoms with Gasteiger partial charge in [-0.2, -0.15) is 0 Å². The molecule has 160 valence electrons. The minimum absolute atomic E-state index is 0.0880. The number of benzene rings is 1. The molecule has 1 aromatic carbocycles. The number of esters is 1. The standard InChI is InChI=1S/C26H37FO2/c1-3-4-5-17-6-7-19-15-20(9-8-18(19)14-17)21-10-12-23-22(16-21)11-13-24(25(23)27)26(28)29-2/h11,13,17-21H,3-10,12,14-16H2,1-2H3. The topological polar surface area (TPSA) is 26.3 Å². The van der Waals surface area contributed by atoms with Crippen LogP contribution in [0.5, 0.6) is 0 Å². The van der Waals surface area contributed by atoms with Crippen LogP contribution >= 0.6 is 0 Å². The van der Waals surface area contributed by atoms with Crippen LogP contribution in [-0.2, 0) is 17.6 Å². The first-order chi connectivity index (χ1) is 14.1. The summed E-state index contributed by atoms with van der Waals surface area (Å²) < 4.78 is 19.5. The van der Waals surface area contributed by atoms with Gasteiger partial charge in [0.25, 0.3) is 0 Å². The number of methoxy groups -OCH3 is 1. The number of carbonyl (C=O) groups excluding carboxylic acids is 1. The normalized spacial score (nSPS) is 31.6. The third-order valence-electron chi connectivity index (χ3n) is 8.39. The molecule has 5 atom stereocenters. The van der Waals surface area contributed by atoms with E-state index in [1.807, 2.05) is 6.07 Å². The Labute approximate surface area is 175 Å². The van der Waals surface area contributed by atoms with Crippen molar-refractivity contribution in [2.24, 2.45) is 29.6 Å². The zero-order valence-electron chi connectivity index (χ0n) is 18.2. The van der Waals surface area contributed by atoms with E-state index in [9.17, 15) is 9.18 Å². The van der Waals surface area contributed by atoms with Gasteiger partial charge in [-0.3, -0.25) is 0 Å². The van der Waals surface area contributed by atoms with Crippen LogP contribution in [-0.4, -0.2) is 13.1 Å². The summed E-state index contributed by atoms with van der Waals surface area (Å²) in [5.74, 6) is 3.47. The Hall–Kier alpha value is -1.38. The fourth-order valence-electron chi connectivity index (χ4n) is 6.71. The van der Waals surface area contributed by atoms with Crippen molar-refractivity contribution in [3.05, 3.63) is 34.6 Å². The maximum Gasteiger partial charge on any atom is 0.340 e. The molecular weight excluding hydrogens is 363 g/mol. The minimum atomic E-state index is -0.569. The number of unbranched alkanes of at least 4 members (excludes halogenated alkanes) is 1. The van der Waals surface area contributed by atoms with Crippen LogP contribution in [0.15, 0.2) is 12.1 Å². The van der Waals surface area contributed by atoms with Crippen molar-refractivity contribution in [1.82, 2.24) is 0 Å². The van der Waals surface area contributed by atoms with E-state index in [-0.39, 0.29) is 11.4 Å². The zero-order chi connectivity index (χ0) is 20.4. The molecule has 2 saturated carbocycles. The zero-order valence-corrected chi connectivity index (χ0v) is 18.2. The summed E-state index contributed by atoms with van der Waals surface area (Å²) in [7, 11) is 1.31. The highest BCUT2D eigenvalue weighted by Crippen LogP contribution is 2.49. The summed E-state index contributed by atoms with van der Waals surface area (Å²) in [6, 6.07) is 3.60. The van der Waals surface area contributed by atoms with Gasteiger partial charge in [0, 0.05) is 0 Å². The van der Waals surface area contributed by atoms with Crippen LogP contribution < -0.4 is 0 Å². The van der Waals surface area contributed by atoms with Gasteiger partial charge in [0.2, 0.25) is 0 Å². The Kier molecular flexibility index (Phi) is 6.61. The maximum absolute atomic E-state index is 14.8. The molecule has 3 aliphatic carbocycles. The van der Waals surface area contributed by atoms with E-state index >= 15 is 0 Å². The van der Waals surface area contributed by atoms with E-state index in [1.54, 1.807) is 6.07 Å². The lowest BCUT2D eigenvalue weighted by Crippen LogP contribution is -2.35. The summed E-state index contributed by atoms with van der Waals surface area (Å²) in [4.78, 5) is 11.8. The molecule has 0 aliphatic heterocycles. The largest absolute Gasteiger partial charge is 0.465 e. The number of carbonyl (C=O) groups is 1. The molecule has 1 aromatic rings. The van der Waals surface area contributed by atoms with Crippen LogP contribution in [0, 0.1) is 35.4 Å². The predicted molar refractivity (Wildman–Crippen MR) is 114 cm³/mol. The molecule has 2 fully saturated rings. The van der Waals surface area contributed by atoms with E-state index in [2.05, 4.69) is 6.92 Å². The van der Waals surface area contributed by atoms with Crippen LogP contribution in [0.2, 0.25) is 0 Å². The predicted octanol–water partition coefficient (Wildman–Crippen LogP) is 6.74. The number of halogens is 1. The minimum Gasteiger partial charge on any atom is -0.465 e. The molecule has 0 N–H and O–H groups in total. The van der Waals surface area contributed by atoms with Gasteiger partial charge in [-0.25, -0.2) is 9.18 Å². The molecule has 0 saturated heterocycles. The van der Waals surface area contributed by atoms with Crippen molar-refractivity contribution in [2.75, 3.05) is 7.11 Å². The van der Waals surface area contributed by atoms with Crippen molar-refractivity contribution in [3.63, 3.8) is 0 Å². The fourth-order valence-corrected chi connectivity index (χ4v) is 6.71. The van der Waals surface area contributed by atoms with Gasteiger partial charge in [-0.1, -0.05) is 38.7 Å². The first kappa shape index (κ1) is 20.9. The number of hydrogen-bond acceptors (Lipinski definition) is 2. The van der Waals surface area contributed by atoms with Crippen molar-refractivity contribution in [2.45, 2.75) is 84.0 Å². The molecule has 2 nitrogen and oxygen atoms in total. The molecule has 3 aliphatic rings. The Balaban J connectivity index is 1.37. The van der Waals surface area contributed by atoms with Crippen LogP contribution in [0.4, 0.5) is 4.39 Å². The Morgan fingerprint density at radius 3 is 2.52 bits per heavy atom. The Morgan fingerprint density at radius 2 is 1.76 bits per heavy atom. The molecule has 3 heteroatoms. The van der Waals surface area contributed by atoms with E-state index in [0.717, 1.165) is 54.1 Å². The van der Waals surface area contributed by atoms with Crippen molar-refractivity contribution >= 4 is 5.97 Å². The van der Waals surface area contributed by atoms with Crippen molar-refractivity contribution in [1.29, 1.82) is 0 Å². The molecule has 0 spiro atoms. The average molecular weight is 401 g/mol. The molecule has 0 radical (unpaired) electrons. The molecule has 4 rings (SSSR count). The van der Waals surface area contributed by atoms with Gasteiger partial charge in [0.1, 0.15) is 5.82 Å². The second-order valence-electron chi connectivity index (χ2n) is 9.97. The van der Waals surface area contributed by atoms with Gasteiger partial charge < -0.3 is 4.74 Å². The second-order valence-corrected chi connectivity index (χ2v) is 9.97. The Morgan fingerprint density at radius 1 is 1.03 bits per heavy atom. The monoisotopic (exact) mass is 400 g/mol.